The third-order valence-electron chi connectivity index (χ3n) is 4.51. The van der Waals surface area contributed by atoms with Gasteiger partial charge in [0.1, 0.15) is 11.5 Å². The molecule has 33 heavy (non-hydrogen) atoms. The summed E-state index contributed by atoms with van der Waals surface area (Å²) in [6.07, 6.45) is 1.38. The number of non-ortho nitro benzene ring substituents is 1. The summed E-state index contributed by atoms with van der Waals surface area (Å²) in [5, 5.41) is 17.5. The Morgan fingerprint density at radius 1 is 0.970 bits per heavy atom. The van der Waals surface area contributed by atoms with Crippen LogP contribution in [0.15, 0.2) is 89.7 Å². The number of hydrogen-bond acceptors (Lipinski definition) is 5. The maximum Gasteiger partial charge on any atom is 0.287 e. The molecule has 0 saturated carbocycles. The fraction of sp³-hybridized carbons (Fsp3) is 0.0417. The van der Waals surface area contributed by atoms with Crippen LogP contribution >= 0.6 is 0 Å². The second kappa shape index (κ2) is 10.6. The largest absolute Gasteiger partial charge is 0.317 e. The van der Waals surface area contributed by atoms with Crippen LogP contribution in [0.25, 0.3) is 6.08 Å². The van der Waals surface area contributed by atoms with Gasteiger partial charge < -0.3 is 5.32 Å². The van der Waals surface area contributed by atoms with Crippen LogP contribution in [0.3, 0.4) is 0 Å². The number of nitrogens with one attached hydrogen (secondary N) is 2. The van der Waals surface area contributed by atoms with Crippen LogP contribution < -0.4 is 10.7 Å². The molecule has 0 aliphatic rings. The Balaban J connectivity index is 1.84. The molecule has 0 heterocycles. The van der Waals surface area contributed by atoms with Gasteiger partial charge in [0, 0.05) is 23.3 Å². The van der Waals surface area contributed by atoms with Gasteiger partial charge in [-0.3, -0.25) is 19.7 Å². The second-order valence-corrected chi connectivity index (χ2v) is 6.88. The van der Waals surface area contributed by atoms with Crippen molar-refractivity contribution in [3.63, 3.8) is 0 Å². The normalized spacial score (nSPS) is 11.6. The molecule has 2 N–H and O–H groups in total. The lowest BCUT2D eigenvalue weighted by Gasteiger charge is -2.10. The maximum absolute atomic E-state index is 13.2. The number of nitrogens with zero attached hydrogens (tertiary/aromatic N) is 2. The first kappa shape index (κ1) is 23.0. The molecule has 0 radical (unpaired) electrons. The molecule has 0 unspecified atom stereocenters. The molecule has 8 nitrogen and oxygen atoms in total. The van der Waals surface area contributed by atoms with Crippen molar-refractivity contribution < 1.29 is 18.9 Å². The number of benzene rings is 3. The van der Waals surface area contributed by atoms with E-state index >= 15 is 0 Å². The highest BCUT2D eigenvalue weighted by Crippen LogP contribution is 2.14. The molecule has 3 aromatic rings. The molecule has 0 spiro atoms. The zero-order valence-electron chi connectivity index (χ0n) is 17.5. The summed E-state index contributed by atoms with van der Waals surface area (Å²) in [5.41, 5.74) is 3.70. The van der Waals surface area contributed by atoms with E-state index in [9.17, 15) is 24.1 Å². The summed E-state index contributed by atoms with van der Waals surface area (Å²) in [5.74, 6) is -1.68. The predicted octanol–water partition coefficient (Wildman–Crippen LogP) is 4.05. The highest BCUT2D eigenvalue weighted by atomic mass is 19.1. The van der Waals surface area contributed by atoms with Gasteiger partial charge in [0.15, 0.2) is 0 Å². The third kappa shape index (κ3) is 6.41. The minimum atomic E-state index is -0.728. The molecule has 0 bridgehead atoms. The number of carbonyl (C=O) groups excluding carboxylic acids is 2. The first-order valence-electron chi connectivity index (χ1n) is 9.76. The van der Waals surface area contributed by atoms with Crippen molar-refractivity contribution in [2.45, 2.75) is 6.92 Å². The lowest BCUT2D eigenvalue weighted by molar-refractivity contribution is -0.384. The number of hydrazone groups is 1. The van der Waals surface area contributed by atoms with E-state index in [1.807, 2.05) is 0 Å². The Bertz CT molecular complexity index is 1240. The Hall–Kier alpha value is -4.66. The molecular weight excluding hydrogens is 427 g/mol. The van der Waals surface area contributed by atoms with Crippen LogP contribution in [0, 0.1) is 15.9 Å². The minimum absolute atomic E-state index is 0.111. The molecular formula is C24H19FN4O4. The SMILES string of the molecule is C/C(=N/NC(=O)/C(=C\c1ccc(F)cc1)NC(=O)c1ccccc1)c1cccc([N+](=O)[O-])c1. The maximum atomic E-state index is 13.2. The Morgan fingerprint density at radius 3 is 2.30 bits per heavy atom. The molecule has 3 aromatic carbocycles. The van der Waals surface area contributed by atoms with Crippen molar-refractivity contribution in [1.82, 2.24) is 10.7 Å². The van der Waals surface area contributed by atoms with Crippen LogP contribution in [-0.4, -0.2) is 22.4 Å². The summed E-state index contributed by atoms with van der Waals surface area (Å²) in [4.78, 5) is 35.8. The van der Waals surface area contributed by atoms with E-state index in [0.717, 1.165) is 0 Å². The Kier molecular flexibility index (Phi) is 7.38. The summed E-state index contributed by atoms with van der Waals surface area (Å²) in [6.45, 7) is 1.57. The lowest BCUT2D eigenvalue weighted by atomic mass is 10.1. The number of rotatable bonds is 7. The first-order chi connectivity index (χ1) is 15.8. The Morgan fingerprint density at radius 2 is 1.64 bits per heavy atom. The molecule has 0 aliphatic heterocycles. The fourth-order valence-electron chi connectivity index (χ4n) is 2.77. The molecule has 0 saturated heterocycles. The monoisotopic (exact) mass is 446 g/mol. The van der Waals surface area contributed by atoms with Crippen LogP contribution in [0.5, 0.6) is 0 Å². The van der Waals surface area contributed by atoms with Gasteiger partial charge in [-0.05, 0) is 42.8 Å². The third-order valence-corrected chi connectivity index (χ3v) is 4.51. The van der Waals surface area contributed by atoms with E-state index in [1.165, 1.54) is 48.5 Å². The van der Waals surface area contributed by atoms with Gasteiger partial charge in [0.2, 0.25) is 0 Å². The average Bonchev–Trinajstić information content (AvgIpc) is 2.83. The number of nitro benzene ring substituents is 1. The van der Waals surface area contributed by atoms with Gasteiger partial charge in [-0.15, -0.1) is 0 Å². The van der Waals surface area contributed by atoms with Gasteiger partial charge in [0.05, 0.1) is 10.6 Å². The number of nitro groups is 1. The molecule has 0 atom stereocenters. The van der Waals surface area contributed by atoms with E-state index in [1.54, 1.807) is 43.3 Å². The lowest BCUT2D eigenvalue weighted by Crippen LogP contribution is -2.33. The highest BCUT2D eigenvalue weighted by molar-refractivity contribution is 6.06. The first-order valence-corrected chi connectivity index (χ1v) is 9.76. The van der Waals surface area contributed by atoms with Crippen LogP contribution in [0.2, 0.25) is 0 Å². The van der Waals surface area contributed by atoms with Crippen molar-refractivity contribution in [1.29, 1.82) is 0 Å². The molecule has 9 heteroatoms. The second-order valence-electron chi connectivity index (χ2n) is 6.88. The van der Waals surface area contributed by atoms with Crippen LogP contribution in [0.4, 0.5) is 10.1 Å². The summed E-state index contributed by atoms with van der Waals surface area (Å²) in [7, 11) is 0. The minimum Gasteiger partial charge on any atom is -0.317 e. The van der Waals surface area contributed by atoms with E-state index in [2.05, 4.69) is 15.8 Å². The topological polar surface area (TPSA) is 114 Å². The van der Waals surface area contributed by atoms with Gasteiger partial charge in [-0.25, -0.2) is 9.82 Å². The smallest absolute Gasteiger partial charge is 0.287 e. The molecule has 0 aliphatic carbocycles. The van der Waals surface area contributed by atoms with Gasteiger partial charge in [-0.1, -0.05) is 42.5 Å². The standard InChI is InChI=1S/C24H19FN4O4/c1-16(19-8-5-9-21(15-19)29(32)33)27-28-24(31)22(14-17-10-12-20(25)13-11-17)26-23(30)18-6-3-2-4-7-18/h2-15H,1H3,(H,26,30)(H,28,31)/b22-14+,27-16-. The van der Waals surface area contributed by atoms with Crippen molar-refractivity contribution in [2.75, 3.05) is 0 Å². The summed E-state index contributed by atoms with van der Waals surface area (Å²) >= 11 is 0. The average molecular weight is 446 g/mol. The van der Waals surface area contributed by atoms with E-state index < -0.39 is 22.6 Å². The Labute approximate surface area is 188 Å². The number of amides is 2. The zero-order chi connectivity index (χ0) is 23.8. The number of hydrogen-bond donors (Lipinski definition) is 2. The zero-order valence-corrected chi connectivity index (χ0v) is 17.5. The number of halogens is 1. The van der Waals surface area contributed by atoms with Crippen molar-refractivity contribution >= 4 is 29.3 Å². The molecule has 0 aromatic heterocycles. The van der Waals surface area contributed by atoms with E-state index in [4.69, 9.17) is 0 Å². The van der Waals surface area contributed by atoms with Crippen LogP contribution in [-0.2, 0) is 4.79 Å². The fourth-order valence-corrected chi connectivity index (χ4v) is 2.77. The van der Waals surface area contributed by atoms with Crippen molar-refractivity contribution in [3.8, 4) is 0 Å². The summed E-state index contributed by atoms with van der Waals surface area (Å²) in [6, 6.07) is 19.5. The highest BCUT2D eigenvalue weighted by Gasteiger charge is 2.15. The van der Waals surface area contributed by atoms with E-state index in [-0.39, 0.29) is 11.4 Å². The van der Waals surface area contributed by atoms with Crippen molar-refractivity contribution in [3.05, 3.63) is 117 Å². The molecule has 166 valence electrons. The number of carbonyl (C=O) groups is 2. The molecule has 0 fully saturated rings. The molecule has 3 rings (SSSR count). The van der Waals surface area contributed by atoms with Gasteiger partial charge in [0.25, 0.3) is 17.5 Å². The van der Waals surface area contributed by atoms with Crippen molar-refractivity contribution in [2.24, 2.45) is 5.10 Å². The summed E-state index contributed by atoms with van der Waals surface area (Å²) < 4.78 is 13.2. The van der Waals surface area contributed by atoms with E-state index in [0.29, 0.717) is 22.4 Å². The van der Waals surface area contributed by atoms with Gasteiger partial charge in [-0.2, -0.15) is 5.10 Å². The van der Waals surface area contributed by atoms with Gasteiger partial charge >= 0.3 is 0 Å². The van der Waals surface area contributed by atoms with Crippen LogP contribution in [0.1, 0.15) is 28.4 Å². The quantitative estimate of drug-likeness (QED) is 0.247. The molecule has 2 amide bonds. The predicted molar refractivity (Wildman–Crippen MR) is 122 cm³/mol.